The fourth-order valence-electron chi connectivity index (χ4n) is 9.38. The fraction of sp³-hybridized carbons (Fsp3) is 0.767. The lowest BCUT2D eigenvalue weighted by molar-refractivity contribution is -0.185. The number of rotatable bonds is 2. The van der Waals surface area contributed by atoms with E-state index in [-0.39, 0.29) is 35.6 Å². The van der Waals surface area contributed by atoms with Crippen LogP contribution in [0.1, 0.15) is 81.1 Å². The second kappa shape index (κ2) is 7.41. The zero-order valence-corrected chi connectivity index (χ0v) is 23.0. The van der Waals surface area contributed by atoms with Crippen LogP contribution in [0.4, 0.5) is 0 Å². The molecule has 6 heteroatoms. The molecule has 198 valence electrons. The molecule has 1 heterocycles. The van der Waals surface area contributed by atoms with E-state index in [1.54, 1.807) is 19.1 Å². The van der Waals surface area contributed by atoms with E-state index < -0.39 is 51.3 Å². The molecule has 0 bridgehead atoms. The maximum absolute atomic E-state index is 14.3. The lowest BCUT2D eigenvalue weighted by Gasteiger charge is -2.63. The number of allylic oxidation sites excluding steroid dienone is 2. The number of ether oxygens (including phenoxy) is 1. The van der Waals surface area contributed by atoms with Crippen molar-refractivity contribution in [3.63, 3.8) is 0 Å². The van der Waals surface area contributed by atoms with E-state index in [0.717, 1.165) is 5.57 Å². The van der Waals surface area contributed by atoms with Crippen LogP contribution in [0.25, 0.3) is 0 Å². The van der Waals surface area contributed by atoms with Crippen molar-refractivity contribution in [1.29, 1.82) is 0 Å². The molecule has 9 atom stereocenters. The molecule has 5 aliphatic rings. The van der Waals surface area contributed by atoms with E-state index in [2.05, 4.69) is 0 Å². The van der Waals surface area contributed by atoms with Crippen LogP contribution < -0.4 is 0 Å². The number of carbonyl (C=O) groups is 3. The molecular formula is C30H42O6. The van der Waals surface area contributed by atoms with E-state index in [9.17, 15) is 24.6 Å². The van der Waals surface area contributed by atoms with Crippen molar-refractivity contribution in [2.75, 3.05) is 0 Å². The van der Waals surface area contributed by atoms with Gasteiger partial charge >= 0.3 is 0 Å². The first-order valence-corrected chi connectivity index (χ1v) is 13.6. The van der Waals surface area contributed by atoms with Crippen molar-refractivity contribution in [1.82, 2.24) is 0 Å². The minimum Gasteiger partial charge on any atom is -0.483 e. The Bertz CT molecular complexity index is 1110. The number of Topliss-reactive ketones (excluding diaryl/α,β-unsaturated/α-hetero) is 1. The van der Waals surface area contributed by atoms with Crippen LogP contribution >= 0.6 is 0 Å². The number of fused-ring (bicyclic) bond motifs is 5. The Morgan fingerprint density at radius 3 is 2.17 bits per heavy atom. The summed E-state index contributed by atoms with van der Waals surface area (Å²) in [5.74, 6) is -0.972. The van der Waals surface area contributed by atoms with Gasteiger partial charge in [-0.3, -0.25) is 14.4 Å². The molecule has 6 nitrogen and oxygen atoms in total. The largest absolute Gasteiger partial charge is 0.483 e. The first kappa shape index (κ1) is 25.8. The minimum atomic E-state index is -1.28. The Balaban J connectivity index is 1.64. The highest BCUT2D eigenvalue weighted by molar-refractivity contribution is 6.03. The van der Waals surface area contributed by atoms with Gasteiger partial charge in [-0.05, 0) is 49.0 Å². The number of aliphatic hydroxyl groups excluding tert-OH is 2. The van der Waals surface area contributed by atoms with Crippen molar-refractivity contribution in [3.8, 4) is 0 Å². The van der Waals surface area contributed by atoms with Gasteiger partial charge in [0.25, 0.3) is 0 Å². The summed E-state index contributed by atoms with van der Waals surface area (Å²) in [5.41, 5.74) is -3.40. The van der Waals surface area contributed by atoms with E-state index >= 15 is 0 Å². The van der Waals surface area contributed by atoms with Crippen molar-refractivity contribution in [2.24, 2.45) is 45.3 Å². The van der Waals surface area contributed by atoms with Gasteiger partial charge in [0.2, 0.25) is 5.78 Å². The number of hydrogen-bond acceptors (Lipinski definition) is 6. The molecule has 1 aliphatic heterocycles. The van der Waals surface area contributed by atoms with Crippen LogP contribution in [0.5, 0.6) is 0 Å². The molecule has 4 aliphatic carbocycles. The predicted molar refractivity (Wildman–Crippen MR) is 135 cm³/mol. The Kier molecular flexibility index (Phi) is 5.32. The molecular weight excluding hydrogens is 456 g/mol. The van der Waals surface area contributed by atoms with Crippen molar-refractivity contribution in [3.05, 3.63) is 23.5 Å². The van der Waals surface area contributed by atoms with Gasteiger partial charge in [0.15, 0.2) is 11.4 Å². The first-order valence-electron chi connectivity index (χ1n) is 13.6. The van der Waals surface area contributed by atoms with Crippen molar-refractivity contribution < 1.29 is 29.3 Å². The normalized spacial score (nSPS) is 49.8. The lowest BCUT2D eigenvalue weighted by Crippen LogP contribution is -2.66. The predicted octanol–water partition coefficient (Wildman–Crippen LogP) is 4.18. The smallest absolute Gasteiger partial charge is 0.202 e. The van der Waals surface area contributed by atoms with Crippen molar-refractivity contribution in [2.45, 2.75) is 98.9 Å². The average Bonchev–Trinajstić information content (AvgIpc) is 3.15. The van der Waals surface area contributed by atoms with Crippen LogP contribution in [0.2, 0.25) is 0 Å². The number of carbonyl (C=O) groups excluding carboxylic acids is 3. The highest BCUT2D eigenvalue weighted by Gasteiger charge is 2.77. The number of aliphatic hydroxyl groups is 2. The third-order valence-corrected chi connectivity index (χ3v) is 11.6. The molecule has 3 saturated carbocycles. The van der Waals surface area contributed by atoms with Gasteiger partial charge in [0, 0.05) is 41.1 Å². The highest BCUT2D eigenvalue weighted by atomic mass is 16.5. The van der Waals surface area contributed by atoms with E-state index in [1.165, 1.54) is 0 Å². The van der Waals surface area contributed by atoms with Crippen LogP contribution in [0.3, 0.4) is 0 Å². The minimum absolute atomic E-state index is 0.0220. The van der Waals surface area contributed by atoms with E-state index in [4.69, 9.17) is 4.74 Å². The molecule has 3 fully saturated rings. The molecule has 36 heavy (non-hydrogen) atoms. The van der Waals surface area contributed by atoms with Gasteiger partial charge in [-0.15, -0.1) is 0 Å². The summed E-state index contributed by atoms with van der Waals surface area (Å²) < 4.78 is 6.30. The van der Waals surface area contributed by atoms with Gasteiger partial charge in [-0.2, -0.15) is 0 Å². The average molecular weight is 499 g/mol. The summed E-state index contributed by atoms with van der Waals surface area (Å²) in [6.07, 6.45) is 3.57. The van der Waals surface area contributed by atoms with Crippen LogP contribution in [0.15, 0.2) is 23.5 Å². The summed E-state index contributed by atoms with van der Waals surface area (Å²) in [6.45, 7) is 15.6. The lowest BCUT2D eigenvalue weighted by atomic mass is 9.38. The summed E-state index contributed by atoms with van der Waals surface area (Å²) in [5, 5.41) is 22.3. The van der Waals surface area contributed by atoms with Crippen molar-refractivity contribution >= 4 is 17.3 Å². The molecule has 0 aromatic heterocycles. The van der Waals surface area contributed by atoms with Crippen LogP contribution in [-0.2, 0) is 19.1 Å². The molecule has 0 aromatic rings. The summed E-state index contributed by atoms with van der Waals surface area (Å²) in [7, 11) is 0. The zero-order valence-electron chi connectivity index (χ0n) is 23.0. The Morgan fingerprint density at radius 1 is 0.944 bits per heavy atom. The monoisotopic (exact) mass is 498 g/mol. The van der Waals surface area contributed by atoms with Gasteiger partial charge < -0.3 is 14.9 Å². The second-order valence-electron chi connectivity index (χ2n) is 14.0. The molecule has 5 rings (SSSR count). The Hall–Kier alpha value is -1.79. The third-order valence-electron chi connectivity index (χ3n) is 11.6. The summed E-state index contributed by atoms with van der Waals surface area (Å²) in [6, 6.07) is 0. The third kappa shape index (κ3) is 2.83. The standard InChI is InChI=1S/C30H42O6/c1-15(2)20-12-22(34)30(8,36-20)25-19(32)13-27(5)24-18(31)11-17-16(9-10-21(33)26(17,3)4)29(24,7)23(35)14-28(25,27)6/h11-12,15-16,19,21,24-25,32-33H,9-10,13-14H2,1-8H3. The SMILES string of the molecule is CC(C)C1=CC(=O)C(C)(C2C(O)CC3(C)C4C(=O)C=C5C(CCC(O)C5(C)C)C4(C)C(=O)CC23C)O1. The fourth-order valence-corrected chi connectivity index (χ4v) is 9.38. The molecule has 0 amide bonds. The molecule has 0 saturated heterocycles. The molecule has 0 radical (unpaired) electrons. The zero-order chi connectivity index (χ0) is 26.8. The maximum Gasteiger partial charge on any atom is 0.202 e. The molecule has 2 N–H and O–H groups in total. The summed E-state index contributed by atoms with van der Waals surface area (Å²) >= 11 is 0. The molecule has 9 unspecified atom stereocenters. The molecule has 0 spiro atoms. The van der Waals surface area contributed by atoms with Gasteiger partial charge in [-0.1, -0.05) is 54.0 Å². The quantitative estimate of drug-likeness (QED) is 0.592. The number of hydrogen-bond donors (Lipinski definition) is 2. The van der Waals surface area contributed by atoms with Crippen LogP contribution in [0, 0.1) is 45.3 Å². The van der Waals surface area contributed by atoms with Crippen LogP contribution in [-0.4, -0.2) is 45.4 Å². The van der Waals surface area contributed by atoms with Gasteiger partial charge in [-0.25, -0.2) is 0 Å². The first-order chi connectivity index (χ1) is 16.5. The Labute approximate surface area is 214 Å². The topological polar surface area (TPSA) is 101 Å². The second-order valence-corrected chi connectivity index (χ2v) is 14.0. The van der Waals surface area contributed by atoms with E-state index in [1.807, 2.05) is 48.5 Å². The van der Waals surface area contributed by atoms with Gasteiger partial charge in [0.1, 0.15) is 11.5 Å². The van der Waals surface area contributed by atoms with E-state index in [0.29, 0.717) is 25.0 Å². The van der Waals surface area contributed by atoms with Gasteiger partial charge in [0.05, 0.1) is 12.2 Å². The Morgan fingerprint density at radius 2 is 1.58 bits per heavy atom. The molecule has 0 aromatic carbocycles. The highest BCUT2D eigenvalue weighted by Crippen LogP contribution is 2.74. The maximum atomic E-state index is 14.3. The number of ketones is 3. The summed E-state index contributed by atoms with van der Waals surface area (Å²) in [4.78, 5) is 41.7.